The molecule has 0 saturated carbocycles. The van der Waals surface area contributed by atoms with Gasteiger partial charge in [-0.3, -0.25) is 9.78 Å². The number of primary amides is 1. The van der Waals surface area contributed by atoms with Gasteiger partial charge in [0.15, 0.2) is 5.13 Å². The number of thiazole rings is 1. The van der Waals surface area contributed by atoms with Crippen LogP contribution in [0.15, 0.2) is 42.2 Å². The third kappa shape index (κ3) is 2.67. The minimum Gasteiger partial charge on any atom is -0.366 e. The first kappa shape index (κ1) is 14.9. The van der Waals surface area contributed by atoms with Gasteiger partial charge in [0, 0.05) is 60.3 Å². The Bertz CT molecular complexity index is 872. The molecule has 0 unspecified atom stereocenters. The SMILES string of the molecule is NC(=O)c1ccc2cncc(N3CCN(c4nccs4)CC3)c2c1. The first-order valence-electron chi connectivity index (χ1n) is 7.79. The highest BCUT2D eigenvalue weighted by Gasteiger charge is 2.20. The molecule has 1 aliphatic heterocycles. The van der Waals surface area contributed by atoms with Gasteiger partial charge >= 0.3 is 0 Å². The standard InChI is InChI=1S/C17H17N5OS/c18-16(23)12-1-2-13-10-19-11-15(14(13)9-12)21-4-6-22(7-5-21)17-20-3-8-24-17/h1-3,8-11H,4-7H2,(H2,18,23). The summed E-state index contributed by atoms with van der Waals surface area (Å²) in [5.74, 6) is -0.409. The number of aromatic nitrogens is 2. The highest BCUT2D eigenvalue weighted by atomic mass is 32.1. The number of nitrogens with zero attached hydrogens (tertiary/aromatic N) is 4. The maximum Gasteiger partial charge on any atom is 0.248 e. The number of anilines is 2. The van der Waals surface area contributed by atoms with E-state index in [0.717, 1.165) is 47.8 Å². The molecule has 122 valence electrons. The number of nitrogens with two attached hydrogens (primary N) is 1. The highest BCUT2D eigenvalue weighted by Crippen LogP contribution is 2.28. The van der Waals surface area contributed by atoms with Crippen LogP contribution in [0.1, 0.15) is 10.4 Å². The average Bonchev–Trinajstić information content (AvgIpc) is 3.15. The van der Waals surface area contributed by atoms with Crippen molar-refractivity contribution in [3.05, 3.63) is 47.7 Å². The average molecular weight is 339 g/mol. The maximum atomic E-state index is 11.5. The van der Waals surface area contributed by atoms with Crippen LogP contribution in [0.25, 0.3) is 10.8 Å². The molecule has 3 aromatic rings. The zero-order valence-corrected chi connectivity index (χ0v) is 13.9. The topological polar surface area (TPSA) is 75.4 Å². The summed E-state index contributed by atoms with van der Waals surface area (Å²) >= 11 is 1.67. The van der Waals surface area contributed by atoms with Crippen LogP contribution in [0.5, 0.6) is 0 Å². The van der Waals surface area contributed by atoms with Crippen LogP contribution in [-0.2, 0) is 0 Å². The zero-order chi connectivity index (χ0) is 16.5. The molecule has 0 atom stereocenters. The fourth-order valence-electron chi connectivity index (χ4n) is 3.06. The van der Waals surface area contributed by atoms with Gasteiger partial charge < -0.3 is 15.5 Å². The van der Waals surface area contributed by atoms with Crippen LogP contribution in [-0.4, -0.2) is 42.1 Å². The van der Waals surface area contributed by atoms with Crippen molar-refractivity contribution >= 4 is 38.8 Å². The van der Waals surface area contributed by atoms with Crippen molar-refractivity contribution in [2.24, 2.45) is 5.73 Å². The Morgan fingerprint density at radius 3 is 2.62 bits per heavy atom. The summed E-state index contributed by atoms with van der Waals surface area (Å²) < 4.78 is 0. The summed E-state index contributed by atoms with van der Waals surface area (Å²) in [5, 5.41) is 5.10. The lowest BCUT2D eigenvalue weighted by Crippen LogP contribution is -2.46. The van der Waals surface area contributed by atoms with Gasteiger partial charge in [-0.05, 0) is 12.1 Å². The first-order chi connectivity index (χ1) is 11.7. The normalized spacial score (nSPS) is 15.0. The lowest BCUT2D eigenvalue weighted by Gasteiger charge is -2.36. The van der Waals surface area contributed by atoms with Crippen molar-refractivity contribution < 1.29 is 4.79 Å². The van der Waals surface area contributed by atoms with Gasteiger partial charge in [0.1, 0.15) is 0 Å². The monoisotopic (exact) mass is 339 g/mol. The minimum atomic E-state index is -0.409. The third-order valence-electron chi connectivity index (χ3n) is 4.33. The van der Waals surface area contributed by atoms with Gasteiger partial charge in [-0.2, -0.15) is 0 Å². The molecular weight excluding hydrogens is 322 g/mol. The molecule has 0 aliphatic carbocycles. The molecule has 24 heavy (non-hydrogen) atoms. The molecular formula is C17H17N5OS. The van der Waals surface area contributed by atoms with E-state index in [1.807, 2.05) is 36.1 Å². The van der Waals surface area contributed by atoms with E-state index in [1.54, 1.807) is 17.4 Å². The third-order valence-corrected chi connectivity index (χ3v) is 5.17. The van der Waals surface area contributed by atoms with Gasteiger partial charge in [-0.25, -0.2) is 4.98 Å². The molecule has 0 spiro atoms. The molecule has 1 amide bonds. The van der Waals surface area contributed by atoms with E-state index < -0.39 is 5.91 Å². The summed E-state index contributed by atoms with van der Waals surface area (Å²) in [6.07, 6.45) is 5.52. The summed E-state index contributed by atoms with van der Waals surface area (Å²) in [6, 6.07) is 5.51. The largest absolute Gasteiger partial charge is 0.366 e. The second-order valence-corrected chi connectivity index (χ2v) is 6.62. The Balaban J connectivity index is 1.62. The molecule has 0 bridgehead atoms. The van der Waals surface area contributed by atoms with E-state index in [-0.39, 0.29) is 0 Å². The second kappa shape index (κ2) is 6.09. The Hall–Kier alpha value is -2.67. The van der Waals surface area contributed by atoms with Gasteiger partial charge in [0.25, 0.3) is 0 Å². The molecule has 1 aliphatic rings. The second-order valence-electron chi connectivity index (χ2n) is 5.75. The first-order valence-corrected chi connectivity index (χ1v) is 8.67. The van der Waals surface area contributed by atoms with Crippen LogP contribution >= 0.6 is 11.3 Å². The molecule has 6 nitrogen and oxygen atoms in total. The van der Waals surface area contributed by atoms with Crippen LogP contribution < -0.4 is 15.5 Å². The van der Waals surface area contributed by atoms with E-state index in [9.17, 15) is 4.79 Å². The summed E-state index contributed by atoms with van der Waals surface area (Å²) in [4.78, 5) is 24.8. The van der Waals surface area contributed by atoms with Gasteiger partial charge in [-0.1, -0.05) is 6.07 Å². The summed E-state index contributed by atoms with van der Waals surface area (Å²) in [7, 11) is 0. The predicted octanol–water partition coefficient (Wildman–Crippen LogP) is 2.12. The summed E-state index contributed by atoms with van der Waals surface area (Å²) in [5.41, 5.74) is 7.00. The molecule has 2 N–H and O–H groups in total. The zero-order valence-electron chi connectivity index (χ0n) is 13.1. The number of hydrogen-bond acceptors (Lipinski definition) is 6. The molecule has 1 fully saturated rings. The molecule has 7 heteroatoms. The molecule has 0 radical (unpaired) electrons. The number of rotatable bonds is 3. The predicted molar refractivity (Wildman–Crippen MR) is 96.8 cm³/mol. The van der Waals surface area contributed by atoms with E-state index in [1.165, 1.54) is 0 Å². The molecule has 4 rings (SSSR count). The van der Waals surface area contributed by atoms with Gasteiger partial charge in [0.05, 0.1) is 11.9 Å². The van der Waals surface area contributed by atoms with Gasteiger partial charge in [-0.15, -0.1) is 11.3 Å². The number of benzene rings is 1. The molecule has 3 heterocycles. The lowest BCUT2D eigenvalue weighted by molar-refractivity contribution is 0.100. The molecule has 1 saturated heterocycles. The number of amides is 1. The highest BCUT2D eigenvalue weighted by molar-refractivity contribution is 7.13. The number of carbonyl (C=O) groups excluding carboxylic acids is 1. The lowest BCUT2D eigenvalue weighted by atomic mass is 10.1. The van der Waals surface area contributed by atoms with Crippen molar-refractivity contribution in [1.29, 1.82) is 0 Å². The van der Waals surface area contributed by atoms with Crippen molar-refractivity contribution in [1.82, 2.24) is 9.97 Å². The van der Waals surface area contributed by atoms with Crippen LogP contribution in [0.4, 0.5) is 10.8 Å². The van der Waals surface area contributed by atoms with Crippen molar-refractivity contribution in [3.8, 4) is 0 Å². The van der Waals surface area contributed by atoms with E-state index >= 15 is 0 Å². The fraction of sp³-hybridized carbons (Fsp3) is 0.235. The smallest absolute Gasteiger partial charge is 0.248 e. The number of hydrogen-bond donors (Lipinski definition) is 1. The minimum absolute atomic E-state index is 0.409. The fourth-order valence-corrected chi connectivity index (χ4v) is 3.76. The molecule has 2 aromatic heterocycles. The van der Waals surface area contributed by atoms with Gasteiger partial charge in [0.2, 0.25) is 5.91 Å². The van der Waals surface area contributed by atoms with E-state index in [4.69, 9.17) is 5.73 Å². The van der Waals surface area contributed by atoms with Crippen molar-refractivity contribution in [2.45, 2.75) is 0 Å². The Morgan fingerprint density at radius 2 is 1.92 bits per heavy atom. The summed E-state index contributed by atoms with van der Waals surface area (Å²) in [6.45, 7) is 3.61. The van der Waals surface area contributed by atoms with Crippen LogP contribution in [0, 0.1) is 0 Å². The molecule has 1 aromatic carbocycles. The number of piperazine rings is 1. The van der Waals surface area contributed by atoms with E-state index in [0.29, 0.717) is 5.56 Å². The quantitative estimate of drug-likeness (QED) is 0.791. The number of fused-ring (bicyclic) bond motifs is 1. The van der Waals surface area contributed by atoms with Crippen LogP contribution in [0.2, 0.25) is 0 Å². The Kier molecular flexibility index (Phi) is 3.78. The number of pyridine rings is 1. The van der Waals surface area contributed by atoms with E-state index in [2.05, 4.69) is 19.8 Å². The maximum absolute atomic E-state index is 11.5. The van der Waals surface area contributed by atoms with Crippen LogP contribution in [0.3, 0.4) is 0 Å². The van der Waals surface area contributed by atoms with Crippen molar-refractivity contribution in [3.63, 3.8) is 0 Å². The van der Waals surface area contributed by atoms with Crippen molar-refractivity contribution in [2.75, 3.05) is 36.0 Å². The Morgan fingerprint density at radius 1 is 1.12 bits per heavy atom. The Labute approximate surface area is 143 Å². The number of carbonyl (C=O) groups is 1.